The third-order valence-corrected chi connectivity index (χ3v) is 5.62. The highest BCUT2D eigenvalue weighted by Gasteiger charge is 2.46. The first kappa shape index (κ1) is 19.9. The number of ether oxygens (including phenoxy) is 1. The number of H-pyrrole nitrogens is 1. The van der Waals surface area contributed by atoms with E-state index in [4.69, 9.17) is 4.74 Å². The Morgan fingerprint density at radius 1 is 1.13 bits per heavy atom. The molecule has 1 aliphatic rings. The molecule has 0 aliphatic carbocycles. The molecule has 0 spiro atoms. The summed E-state index contributed by atoms with van der Waals surface area (Å²) in [7, 11) is 1.55. The molecule has 1 unspecified atom stereocenters. The van der Waals surface area contributed by atoms with Crippen molar-refractivity contribution in [3.63, 3.8) is 0 Å². The number of para-hydroxylation sites is 1. The maximum absolute atomic E-state index is 13.0. The third kappa shape index (κ3) is 3.29. The number of hydrogen-bond donors (Lipinski definition) is 2. The largest absolute Gasteiger partial charge is 0.507 e. The molecule has 154 valence electrons. The number of ketones is 1. The number of nitrogens with zero attached hydrogens (tertiary/aromatic N) is 1. The summed E-state index contributed by atoms with van der Waals surface area (Å²) in [5.74, 6) is -1.48. The predicted octanol–water partition coefficient (Wildman–Crippen LogP) is 3.80. The Morgan fingerprint density at radius 2 is 1.87 bits per heavy atom. The van der Waals surface area contributed by atoms with Gasteiger partial charge in [-0.3, -0.25) is 9.59 Å². The fourth-order valence-electron chi connectivity index (χ4n) is 3.99. The van der Waals surface area contributed by atoms with E-state index in [0.717, 1.165) is 28.5 Å². The Labute approximate surface area is 174 Å². The van der Waals surface area contributed by atoms with E-state index in [-0.39, 0.29) is 17.9 Å². The minimum atomic E-state index is -0.682. The molecule has 1 fully saturated rings. The van der Waals surface area contributed by atoms with Crippen LogP contribution in [0, 0.1) is 0 Å². The van der Waals surface area contributed by atoms with Crippen molar-refractivity contribution in [2.75, 3.05) is 20.3 Å². The second-order valence-corrected chi connectivity index (χ2v) is 7.33. The van der Waals surface area contributed by atoms with Crippen molar-refractivity contribution in [1.29, 1.82) is 0 Å². The topological polar surface area (TPSA) is 82.6 Å². The maximum Gasteiger partial charge on any atom is 0.295 e. The van der Waals surface area contributed by atoms with Gasteiger partial charge < -0.3 is 19.7 Å². The molecule has 2 N–H and O–H groups in total. The SMILES string of the molecule is CCc1ccc(C2/C(=C(/O)c3c[nH]c4ccccc34)C(=O)C(=O)N2CCOC)cc1. The van der Waals surface area contributed by atoms with E-state index in [1.54, 1.807) is 13.3 Å². The molecule has 1 amide bonds. The Bertz CT molecular complexity index is 1130. The zero-order valence-corrected chi connectivity index (χ0v) is 17.0. The van der Waals surface area contributed by atoms with Crippen LogP contribution in [-0.4, -0.2) is 46.9 Å². The summed E-state index contributed by atoms with van der Waals surface area (Å²) < 4.78 is 5.14. The standard InChI is InChI=1S/C24H24N2O4/c1-3-15-8-10-16(11-9-15)21-20(23(28)24(29)26(21)12-13-30-2)22(27)18-14-25-19-7-5-4-6-17(18)19/h4-11,14,21,25,27H,3,12-13H2,1-2H3/b22-20-. The number of carbonyl (C=O) groups excluding carboxylic acids is 2. The molecule has 4 rings (SSSR count). The van der Waals surface area contributed by atoms with Crippen LogP contribution >= 0.6 is 0 Å². The number of fused-ring (bicyclic) bond motifs is 1. The molecule has 1 saturated heterocycles. The number of aliphatic hydroxyl groups is 1. The predicted molar refractivity (Wildman–Crippen MR) is 115 cm³/mol. The molecule has 30 heavy (non-hydrogen) atoms. The number of aliphatic hydroxyl groups excluding tert-OH is 1. The van der Waals surface area contributed by atoms with Crippen LogP contribution in [0.2, 0.25) is 0 Å². The van der Waals surface area contributed by atoms with Gasteiger partial charge in [-0.05, 0) is 23.6 Å². The highest BCUT2D eigenvalue weighted by atomic mass is 16.5. The van der Waals surface area contributed by atoms with Gasteiger partial charge in [0.05, 0.1) is 18.2 Å². The lowest BCUT2D eigenvalue weighted by Crippen LogP contribution is -2.32. The fourth-order valence-corrected chi connectivity index (χ4v) is 3.99. The van der Waals surface area contributed by atoms with Gasteiger partial charge in [-0.15, -0.1) is 0 Å². The van der Waals surface area contributed by atoms with E-state index in [1.165, 1.54) is 4.90 Å². The molecular weight excluding hydrogens is 380 g/mol. The summed E-state index contributed by atoms with van der Waals surface area (Å²) in [6.07, 6.45) is 2.55. The third-order valence-electron chi connectivity index (χ3n) is 5.62. The van der Waals surface area contributed by atoms with Crippen LogP contribution in [-0.2, 0) is 20.7 Å². The zero-order valence-electron chi connectivity index (χ0n) is 17.0. The molecule has 6 heteroatoms. The second kappa shape index (κ2) is 8.16. The van der Waals surface area contributed by atoms with Crippen LogP contribution in [0.25, 0.3) is 16.7 Å². The molecule has 0 radical (unpaired) electrons. The lowest BCUT2D eigenvalue weighted by Gasteiger charge is -2.25. The first-order chi connectivity index (χ1) is 14.6. The summed E-state index contributed by atoms with van der Waals surface area (Å²) in [5, 5.41) is 12.0. The number of rotatable bonds is 6. The number of likely N-dealkylation sites (tertiary alicyclic amines) is 1. The van der Waals surface area contributed by atoms with E-state index in [2.05, 4.69) is 11.9 Å². The van der Waals surface area contributed by atoms with Gasteiger partial charge in [-0.1, -0.05) is 49.4 Å². The van der Waals surface area contributed by atoms with Crippen molar-refractivity contribution < 1.29 is 19.4 Å². The molecule has 2 heterocycles. The van der Waals surface area contributed by atoms with Crippen LogP contribution in [0.15, 0.2) is 60.3 Å². The number of nitrogens with one attached hydrogen (secondary N) is 1. The molecule has 1 atom stereocenters. The van der Waals surface area contributed by atoms with Crippen LogP contribution in [0.3, 0.4) is 0 Å². The molecule has 1 aliphatic heterocycles. The number of aromatic nitrogens is 1. The monoisotopic (exact) mass is 404 g/mol. The molecule has 3 aromatic rings. The zero-order chi connectivity index (χ0) is 21.3. The first-order valence-electron chi connectivity index (χ1n) is 9.99. The van der Waals surface area contributed by atoms with Crippen molar-refractivity contribution in [2.45, 2.75) is 19.4 Å². The van der Waals surface area contributed by atoms with Crippen LogP contribution in [0.4, 0.5) is 0 Å². The Morgan fingerprint density at radius 3 is 2.57 bits per heavy atom. The summed E-state index contributed by atoms with van der Waals surface area (Å²) in [4.78, 5) is 30.4. The first-order valence-corrected chi connectivity index (χ1v) is 9.99. The number of hydrogen-bond acceptors (Lipinski definition) is 4. The minimum Gasteiger partial charge on any atom is -0.507 e. The van der Waals surface area contributed by atoms with Crippen LogP contribution in [0.1, 0.15) is 29.7 Å². The van der Waals surface area contributed by atoms with Crippen LogP contribution < -0.4 is 0 Å². The quantitative estimate of drug-likeness (QED) is 0.372. The van der Waals surface area contributed by atoms with E-state index >= 15 is 0 Å². The molecule has 2 aromatic carbocycles. The van der Waals surface area contributed by atoms with Gasteiger partial charge in [0.25, 0.3) is 11.7 Å². The van der Waals surface area contributed by atoms with Gasteiger partial charge in [0.1, 0.15) is 5.76 Å². The van der Waals surface area contributed by atoms with E-state index in [0.29, 0.717) is 12.2 Å². The highest BCUT2D eigenvalue weighted by molar-refractivity contribution is 6.46. The molecule has 1 aromatic heterocycles. The lowest BCUT2D eigenvalue weighted by molar-refractivity contribution is -0.140. The van der Waals surface area contributed by atoms with E-state index in [1.807, 2.05) is 48.5 Å². The smallest absolute Gasteiger partial charge is 0.295 e. The van der Waals surface area contributed by atoms with Crippen molar-refractivity contribution in [2.24, 2.45) is 0 Å². The Kier molecular flexibility index (Phi) is 5.42. The summed E-state index contributed by atoms with van der Waals surface area (Å²) >= 11 is 0. The average Bonchev–Trinajstić information content (AvgIpc) is 3.31. The average molecular weight is 404 g/mol. The normalized spacial score (nSPS) is 18.5. The van der Waals surface area contributed by atoms with Crippen molar-refractivity contribution >= 4 is 28.4 Å². The van der Waals surface area contributed by atoms with E-state index in [9.17, 15) is 14.7 Å². The Hall–Kier alpha value is -3.38. The van der Waals surface area contributed by atoms with Gasteiger partial charge in [-0.2, -0.15) is 0 Å². The lowest BCUT2D eigenvalue weighted by atomic mass is 9.94. The second-order valence-electron chi connectivity index (χ2n) is 7.33. The number of benzene rings is 2. The number of aryl methyl sites for hydroxylation is 1. The number of methoxy groups -OCH3 is 1. The van der Waals surface area contributed by atoms with E-state index < -0.39 is 17.7 Å². The summed E-state index contributed by atoms with van der Waals surface area (Å²) in [5.41, 5.74) is 3.39. The summed E-state index contributed by atoms with van der Waals surface area (Å²) in [6.45, 7) is 2.62. The molecule has 0 bridgehead atoms. The Balaban J connectivity index is 1.88. The number of Topliss-reactive ketones (excluding diaryl/α,β-unsaturated/α-hetero) is 1. The number of amides is 1. The molecule has 6 nitrogen and oxygen atoms in total. The van der Waals surface area contributed by atoms with Crippen molar-refractivity contribution in [1.82, 2.24) is 9.88 Å². The minimum absolute atomic E-state index is 0.102. The number of carbonyl (C=O) groups is 2. The van der Waals surface area contributed by atoms with Crippen LogP contribution in [0.5, 0.6) is 0 Å². The fraction of sp³-hybridized carbons (Fsp3) is 0.250. The van der Waals surface area contributed by atoms with Gasteiger partial charge in [-0.25, -0.2) is 0 Å². The summed E-state index contributed by atoms with van der Waals surface area (Å²) in [6, 6.07) is 14.6. The van der Waals surface area contributed by atoms with Gasteiger partial charge in [0, 0.05) is 36.3 Å². The maximum atomic E-state index is 13.0. The highest BCUT2D eigenvalue weighted by Crippen LogP contribution is 2.40. The number of aromatic amines is 1. The van der Waals surface area contributed by atoms with Crippen molar-refractivity contribution in [3.05, 3.63) is 77.0 Å². The van der Waals surface area contributed by atoms with Gasteiger partial charge >= 0.3 is 0 Å². The van der Waals surface area contributed by atoms with Crippen molar-refractivity contribution in [3.8, 4) is 0 Å². The van der Waals surface area contributed by atoms with Gasteiger partial charge in [0.2, 0.25) is 0 Å². The molecule has 0 saturated carbocycles. The van der Waals surface area contributed by atoms with Gasteiger partial charge in [0.15, 0.2) is 0 Å². The molecular formula is C24H24N2O4.